The molecule has 0 spiro atoms. The average Bonchev–Trinajstić information content (AvgIpc) is 3.44. The molecule has 0 aromatic heterocycles. The molecule has 2 amide bonds. The number of rotatable bonds is 8. The second kappa shape index (κ2) is 8.89. The van der Waals surface area contributed by atoms with Gasteiger partial charge in [0, 0.05) is 19.4 Å². The number of aliphatic imine (C=N–C) groups is 1. The first kappa shape index (κ1) is 21.4. The van der Waals surface area contributed by atoms with Crippen molar-refractivity contribution in [2.24, 2.45) is 22.4 Å². The summed E-state index contributed by atoms with van der Waals surface area (Å²) in [5.74, 6) is -3.19. The summed E-state index contributed by atoms with van der Waals surface area (Å²) in [4.78, 5) is 38.5. The number of nitrogens with two attached hydrogens (primary N) is 2. The predicted molar refractivity (Wildman–Crippen MR) is 95.5 cm³/mol. The highest BCUT2D eigenvalue weighted by molar-refractivity contribution is 5.85. The zero-order valence-corrected chi connectivity index (χ0v) is 15.2. The lowest BCUT2D eigenvalue weighted by Crippen LogP contribution is -2.60. The van der Waals surface area contributed by atoms with Crippen molar-refractivity contribution in [3.05, 3.63) is 11.8 Å². The van der Waals surface area contributed by atoms with Gasteiger partial charge in [-0.05, 0) is 18.9 Å². The third-order valence-corrected chi connectivity index (χ3v) is 4.35. The zero-order chi connectivity index (χ0) is 21.0. The Labute approximate surface area is 160 Å². The number of nitrogens with one attached hydrogen (secondary N) is 2. The van der Waals surface area contributed by atoms with Crippen molar-refractivity contribution in [1.82, 2.24) is 10.6 Å². The van der Waals surface area contributed by atoms with Gasteiger partial charge in [-0.25, -0.2) is 9.79 Å². The zero-order valence-electron chi connectivity index (χ0n) is 15.2. The predicted octanol–water partition coefficient (Wildman–Crippen LogP) is -3.25. The van der Waals surface area contributed by atoms with E-state index in [0.29, 0.717) is 0 Å². The number of aliphatic hydroxyl groups is 2. The van der Waals surface area contributed by atoms with Gasteiger partial charge in [0.05, 0.1) is 12.1 Å². The molecule has 0 saturated heterocycles. The molecule has 1 heterocycles. The van der Waals surface area contributed by atoms with E-state index >= 15 is 0 Å². The van der Waals surface area contributed by atoms with E-state index in [1.165, 1.54) is 6.92 Å². The van der Waals surface area contributed by atoms with Crippen molar-refractivity contribution in [1.29, 1.82) is 0 Å². The lowest BCUT2D eigenvalue weighted by atomic mass is 9.92. The Hall–Kier alpha value is -2.86. The van der Waals surface area contributed by atoms with Crippen LogP contribution in [0.25, 0.3) is 0 Å². The van der Waals surface area contributed by atoms with E-state index in [1.807, 2.05) is 0 Å². The summed E-state index contributed by atoms with van der Waals surface area (Å²) in [5.41, 5.74) is 10.7. The Morgan fingerprint density at radius 1 is 1.32 bits per heavy atom. The maximum absolute atomic E-state index is 11.7. The number of hydrogen-bond acceptors (Lipinski definition) is 7. The number of carbonyl (C=O) groups excluding carboxylic acids is 2. The van der Waals surface area contributed by atoms with E-state index in [1.54, 1.807) is 0 Å². The average molecular weight is 399 g/mol. The van der Waals surface area contributed by atoms with Crippen LogP contribution in [-0.2, 0) is 19.1 Å². The van der Waals surface area contributed by atoms with Crippen LogP contribution in [0.1, 0.15) is 19.8 Å². The fourth-order valence-electron chi connectivity index (χ4n) is 2.84. The molecule has 1 aliphatic heterocycles. The first-order valence-electron chi connectivity index (χ1n) is 8.71. The monoisotopic (exact) mass is 399 g/mol. The molecule has 0 radical (unpaired) electrons. The Balaban J connectivity index is 2.21. The van der Waals surface area contributed by atoms with Crippen LogP contribution in [0.4, 0.5) is 0 Å². The number of ether oxygens (including phenoxy) is 1. The van der Waals surface area contributed by atoms with Crippen LogP contribution < -0.4 is 22.1 Å². The molecule has 0 aromatic rings. The highest BCUT2D eigenvalue weighted by Gasteiger charge is 2.44. The summed E-state index contributed by atoms with van der Waals surface area (Å²) in [6.07, 6.45) is -1.90. The maximum Gasteiger partial charge on any atom is 0.370 e. The van der Waals surface area contributed by atoms with Crippen LogP contribution >= 0.6 is 0 Å². The summed E-state index contributed by atoms with van der Waals surface area (Å²) < 4.78 is 5.30. The Bertz CT molecular complexity index is 687. The van der Waals surface area contributed by atoms with E-state index in [-0.39, 0.29) is 24.3 Å². The van der Waals surface area contributed by atoms with Gasteiger partial charge in [-0.1, -0.05) is 0 Å². The van der Waals surface area contributed by atoms with E-state index in [0.717, 1.165) is 18.9 Å². The normalized spacial score (nSPS) is 26.1. The molecule has 156 valence electrons. The van der Waals surface area contributed by atoms with Gasteiger partial charge in [0.1, 0.15) is 18.3 Å². The first-order chi connectivity index (χ1) is 13.1. The number of amides is 2. The Morgan fingerprint density at radius 2 is 1.96 bits per heavy atom. The number of aliphatic hydroxyl groups excluding tert-OH is 2. The van der Waals surface area contributed by atoms with Gasteiger partial charge < -0.3 is 42.2 Å². The second-order valence-corrected chi connectivity index (χ2v) is 6.77. The standard InChI is InChI=1S/C16H25N5O7/c1-6(22)20-11-8(21-16(17)18)4-10(15(26)27)28-13(11)12(24)9(23)5-19-14(25)7-2-3-7/h4,7-9,11-13,23-24H,2-3,5H2,1H3,(H,19,25)(H,20,22)(H,26,27)(H4,17,18,21)/t8-,9?,11+,12?,13+/m0/s1. The van der Waals surface area contributed by atoms with Gasteiger partial charge >= 0.3 is 5.97 Å². The number of carbonyl (C=O) groups is 3. The molecule has 28 heavy (non-hydrogen) atoms. The molecule has 5 atom stereocenters. The van der Waals surface area contributed by atoms with Crippen LogP contribution in [0.2, 0.25) is 0 Å². The molecule has 12 heteroatoms. The van der Waals surface area contributed by atoms with Gasteiger partial charge in [0.2, 0.25) is 17.6 Å². The lowest BCUT2D eigenvalue weighted by Gasteiger charge is -2.38. The number of hydrogen-bond donors (Lipinski definition) is 7. The van der Waals surface area contributed by atoms with Gasteiger partial charge in [0.15, 0.2) is 5.96 Å². The lowest BCUT2D eigenvalue weighted by molar-refractivity contribution is -0.144. The molecular formula is C16H25N5O7. The fourth-order valence-corrected chi connectivity index (χ4v) is 2.84. The molecule has 1 aliphatic carbocycles. The number of guanidine groups is 1. The third kappa shape index (κ3) is 5.57. The quantitative estimate of drug-likeness (QED) is 0.161. The molecule has 2 rings (SSSR count). The van der Waals surface area contributed by atoms with E-state index in [2.05, 4.69) is 15.6 Å². The molecule has 1 saturated carbocycles. The first-order valence-corrected chi connectivity index (χ1v) is 8.71. The summed E-state index contributed by atoms with van der Waals surface area (Å²) in [7, 11) is 0. The molecule has 9 N–H and O–H groups in total. The Kier molecular flexibility index (Phi) is 6.80. The van der Waals surface area contributed by atoms with Crippen molar-refractivity contribution in [3.8, 4) is 0 Å². The van der Waals surface area contributed by atoms with Gasteiger partial charge in [-0.3, -0.25) is 9.59 Å². The Morgan fingerprint density at radius 3 is 2.46 bits per heavy atom. The van der Waals surface area contributed by atoms with Crippen LogP contribution in [0.15, 0.2) is 16.8 Å². The van der Waals surface area contributed by atoms with Crippen LogP contribution in [0.3, 0.4) is 0 Å². The molecule has 2 aliphatic rings. The highest BCUT2D eigenvalue weighted by Crippen LogP contribution is 2.29. The van der Waals surface area contributed by atoms with Crippen molar-refractivity contribution in [2.45, 2.75) is 50.2 Å². The molecule has 0 aromatic carbocycles. The number of nitrogens with zero attached hydrogens (tertiary/aromatic N) is 1. The van der Waals surface area contributed by atoms with Crippen LogP contribution in [-0.4, -0.2) is 76.0 Å². The second-order valence-electron chi connectivity index (χ2n) is 6.77. The maximum atomic E-state index is 11.7. The molecular weight excluding hydrogens is 374 g/mol. The number of carboxylic acids is 1. The fraction of sp³-hybridized carbons (Fsp3) is 0.625. The minimum Gasteiger partial charge on any atom is -0.478 e. The number of aliphatic carboxylic acids is 1. The smallest absolute Gasteiger partial charge is 0.370 e. The number of carboxylic acid groups (broad SMARTS) is 1. The topological polar surface area (TPSA) is 210 Å². The van der Waals surface area contributed by atoms with Crippen molar-refractivity contribution < 1.29 is 34.4 Å². The van der Waals surface area contributed by atoms with Crippen molar-refractivity contribution >= 4 is 23.7 Å². The van der Waals surface area contributed by atoms with Crippen LogP contribution in [0, 0.1) is 5.92 Å². The minimum atomic E-state index is -1.66. The summed E-state index contributed by atoms with van der Waals surface area (Å²) >= 11 is 0. The van der Waals surface area contributed by atoms with Crippen molar-refractivity contribution in [2.75, 3.05) is 6.54 Å². The summed E-state index contributed by atoms with van der Waals surface area (Å²) in [6.45, 7) is 0.932. The van der Waals surface area contributed by atoms with E-state index in [9.17, 15) is 29.7 Å². The molecule has 12 nitrogen and oxygen atoms in total. The van der Waals surface area contributed by atoms with Gasteiger partial charge in [-0.15, -0.1) is 0 Å². The van der Waals surface area contributed by atoms with E-state index in [4.69, 9.17) is 16.2 Å². The summed E-state index contributed by atoms with van der Waals surface area (Å²) in [5, 5.41) is 35.0. The molecule has 0 bridgehead atoms. The molecule has 1 fully saturated rings. The van der Waals surface area contributed by atoms with Gasteiger partial charge in [0.25, 0.3) is 0 Å². The van der Waals surface area contributed by atoms with E-state index < -0.39 is 48.0 Å². The van der Waals surface area contributed by atoms with Crippen LogP contribution in [0.5, 0.6) is 0 Å². The van der Waals surface area contributed by atoms with Gasteiger partial charge in [-0.2, -0.15) is 0 Å². The largest absolute Gasteiger partial charge is 0.478 e. The molecule has 2 unspecified atom stereocenters. The minimum absolute atomic E-state index is 0.0878. The van der Waals surface area contributed by atoms with Crippen molar-refractivity contribution in [3.63, 3.8) is 0 Å². The third-order valence-electron chi connectivity index (χ3n) is 4.35. The highest BCUT2D eigenvalue weighted by atomic mass is 16.5. The SMILES string of the molecule is CC(=O)N[C@@H]1[C@@H](N=C(N)N)C=C(C(=O)O)O[C@H]1C(O)C(O)CNC(=O)C1CC1. The summed E-state index contributed by atoms with van der Waals surface area (Å²) in [6, 6.07) is -2.12.